The van der Waals surface area contributed by atoms with Crippen LogP contribution in [0, 0.1) is 5.41 Å². The SMILES string of the molecule is ClCC1(CNCc2cn3ccsc3n2)CCCC1. The number of imidazole rings is 1. The van der Waals surface area contributed by atoms with E-state index in [1.54, 1.807) is 11.3 Å². The molecule has 3 nitrogen and oxygen atoms in total. The highest BCUT2D eigenvalue weighted by molar-refractivity contribution is 7.15. The monoisotopic (exact) mass is 283 g/mol. The van der Waals surface area contributed by atoms with Gasteiger partial charge in [-0.2, -0.15) is 0 Å². The summed E-state index contributed by atoms with van der Waals surface area (Å²) in [6.45, 7) is 1.86. The number of nitrogens with one attached hydrogen (secondary N) is 1. The number of aromatic nitrogens is 2. The highest BCUT2D eigenvalue weighted by atomic mass is 35.5. The third-order valence-corrected chi connectivity index (χ3v) is 5.23. The molecule has 1 N–H and O–H groups in total. The third kappa shape index (κ3) is 2.42. The molecule has 0 bridgehead atoms. The van der Waals surface area contributed by atoms with Gasteiger partial charge in [0.25, 0.3) is 0 Å². The highest BCUT2D eigenvalue weighted by Crippen LogP contribution is 2.38. The minimum absolute atomic E-state index is 0.332. The third-order valence-electron chi connectivity index (χ3n) is 3.90. The van der Waals surface area contributed by atoms with E-state index < -0.39 is 0 Å². The van der Waals surface area contributed by atoms with Gasteiger partial charge >= 0.3 is 0 Å². The van der Waals surface area contributed by atoms with Crippen LogP contribution in [-0.4, -0.2) is 21.8 Å². The van der Waals surface area contributed by atoms with E-state index in [0.717, 1.165) is 29.6 Å². The molecule has 2 heterocycles. The Hall–Kier alpha value is -0.580. The van der Waals surface area contributed by atoms with Crippen molar-refractivity contribution in [2.75, 3.05) is 12.4 Å². The van der Waals surface area contributed by atoms with Gasteiger partial charge in [-0.15, -0.1) is 22.9 Å². The van der Waals surface area contributed by atoms with Crippen LogP contribution in [0.2, 0.25) is 0 Å². The summed E-state index contributed by atoms with van der Waals surface area (Å²) >= 11 is 7.81. The first-order valence-corrected chi connectivity index (χ1v) is 7.91. The Kier molecular flexibility index (Phi) is 3.59. The van der Waals surface area contributed by atoms with Gasteiger partial charge in [0, 0.05) is 36.7 Å². The average molecular weight is 284 g/mol. The Bertz CT molecular complexity index is 485. The maximum absolute atomic E-state index is 6.14. The molecule has 0 atom stereocenters. The molecule has 3 rings (SSSR count). The maximum atomic E-state index is 6.14. The fraction of sp³-hybridized carbons (Fsp3) is 0.615. The van der Waals surface area contributed by atoms with Gasteiger partial charge < -0.3 is 5.32 Å². The van der Waals surface area contributed by atoms with Crippen LogP contribution in [0.25, 0.3) is 4.96 Å². The van der Waals surface area contributed by atoms with Crippen LogP contribution in [-0.2, 0) is 6.54 Å². The van der Waals surface area contributed by atoms with Gasteiger partial charge in [0.1, 0.15) is 0 Å². The van der Waals surface area contributed by atoms with Crippen molar-refractivity contribution in [1.82, 2.24) is 14.7 Å². The normalized spacial score (nSPS) is 18.7. The first-order chi connectivity index (χ1) is 8.81. The van der Waals surface area contributed by atoms with Gasteiger partial charge in [-0.3, -0.25) is 4.40 Å². The molecule has 0 radical (unpaired) electrons. The first-order valence-electron chi connectivity index (χ1n) is 6.49. The molecule has 2 aromatic rings. The fourth-order valence-electron chi connectivity index (χ4n) is 2.80. The van der Waals surface area contributed by atoms with E-state index in [9.17, 15) is 0 Å². The van der Waals surface area contributed by atoms with E-state index in [1.807, 2.05) is 6.20 Å². The molecule has 0 unspecified atom stereocenters. The summed E-state index contributed by atoms with van der Waals surface area (Å²) in [5.41, 5.74) is 1.45. The number of alkyl halides is 1. The van der Waals surface area contributed by atoms with E-state index in [0.29, 0.717) is 5.41 Å². The first kappa shape index (κ1) is 12.5. The molecule has 1 saturated carbocycles. The topological polar surface area (TPSA) is 29.3 Å². The van der Waals surface area contributed by atoms with E-state index >= 15 is 0 Å². The lowest BCUT2D eigenvalue weighted by atomic mass is 9.88. The Morgan fingerprint density at radius 3 is 3.00 bits per heavy atom. The van der Waals surface area contributed by atoms with Crippen molar-refractivity contribution in [3.05, 3.63) is 23.5 Å². The molecule has 1 aliphatic rings. The number of hydrogen-bond acceptors (Lipinski definition) is 3. The fourth-order valence-corrected chi connectivity index (χ4v) is 3.88. The molecule has 5 heteroatoms. The predicted molar refractivity (Wildman–Crippen MR) is 76.4 cm³/mol. The van der Waals surface area contributed by atoms with Crippen LogP contribution in [0.1, 0.15) is 31.4 Å². The number of thiazole rings is 1. The quantitative estimate of drug-likeness (QED) is 0.854. The zero-order valence-corrected chi connectivity index (χ0v) is 11.9. The van der Waals surface area contributed by atoms with Gasteiger partial charge in [-0.1, -0.05) is 12.8 Å². The number of nitrogens with zero attached hydrogens (tertiary/aromatic N) is 2. The summed E-state index contributed by atoms with van der Waals surface area (Å²) in [6, 6.07) is 0. The van der Waals surface area contributed by atoms with Crippen molar-refractivity contribution < 1.29 is 0 Å². The summed E-state index contributed by atoms with van der Waals surface area (Å²) in [5, 5.41) is 5.59. The van der Waals surface area contributed by atoms with Crippen LogP contribution >= 0.6 is 22.9 Å². The molecule has 18 heavy (non-hydrogen) atoms. The summed E-state index contributed by atoms with van der Waals surface area (Å²) in [6.07, 6.45) is 9.33. The largest absolute Gasteiger partial charge is 0.311 e. The van der Waals surface area contributed by atoms with Crippen LogP contribution in [0.3, 0.4) is 0 Å². The summed E-state index contributed by atoms with van der Waals surface area (Å²) in [5.74, 6) is 0.776. The highest BCUT2D eigenvalue weighted by Gasteiger charge is 2.32. The van der Waals surface area contributed by atoms with Crippen molar-refractivity contribution in [3.63, 3.8) is 0 Å². The Balaban J connectivity index is 1.56. The van der Waals surface area contributed by atoms with Gasteiger partial charge in [0.05, 0.1) is 5.69 Å². The van der Waals surface area contributed by atoms with E-state index in [1.165, 1.54) is 25.7 Å². The molecule has 0 saturated heterocycles. The Morgan fingerprint density at radius 1 is 1.44 bits per heavy atom. The molecule has 0 amide bonds. The zero-order chi connectivity index (χ0) is 12.4. The smallest absolute Gasteiger partial charge is 0.193 e. The maximum Gasteiger partial charge on any atom is 0.193 e. The van der Waals surface area contributed by atoms with Crippen LogP contribution in [0.4, 0.5) is 0 Å². The van der Waals surface area contributed by atoms with Crippen LogP contribution in [0.15, 0.2) is 17.8 Å². The lowest BCUT2D eigenvalue weighted by molar-refractivity contribution is 0.320. The van der Waals surface area contributed by atoms with Gasteiger partial charge in [0.2, 0.25) is 0 Å². The average Bonchev–Trinajstić information content (AvgIpc) is 3.04. The Morgan fingerprint density at radius 2 is 2.28 bits per heavy atom. The summed E-state index contributed by atoms with van der Waals surface area (Å²) in [4.78, 5) is 5.64. The van der Waals surface area contributed by atoms with Gasteiger partial charge in [0.15, 0.2) is 4.96 Å². The van der Waals surface area contributed by atoms with Crippen molar-refractivity contribution in [1.29, 1.82) is 0 Å². The number of fused-ring (bicyclic) bond motifs is 1. The minimum atomic E-state index is 0.332. The molecule has 0 aliphatic heterocycles. The van der Waals surface area contributed by atoms with Gasteiger partial charge in [-0.05, 0) is 18.3 Å². The molecule has 1 fully saturated rings. The Labute approximate surface area is 116 Å². The van der Waals surface area contributed by atoms with E-state index in [-0.39, 0.29) is 0 Å². The number of hydrogen-bond donors (Lipinski definition) is 1. The summed E-state index contributed by atoms with van der Waals surface area (Å²) < 4.78 is 2.08. The second-order valence-electron chi connectivity index (χ2n) is 5.27. The van der Waals surface area contributed by atoms with Crippen molar-refractivity contribution >= 4 is 27.9 Å². The van der Waals surface area contributed by atoms with Crippen molar-refractivity contribution in [2.45, 2.75) is 32.2 Å². The number of halogens is 1. The van der Waals surface area contributed by atoms with Crippen molar-refractivity contribution in [2.24, 2.45) is 5.41 Å². The number of rotatable bonds is 5. The molecular weight excluding hydrogens is 266 g/mol. The molecule has 2 aromatic heterocycles. The van der Waals surface area contributed by atoms with Crippen LogP contribution in [0.5, 0.6) is 0 Å². The predicted octanol–water partition coefficient (Wildman–Crippen LogP) is 3.28. The molecule has 1 aliphatic carbocycles. The van der Waals surface area contributed by atoms with Crippen molar-refractivity contribution in [3.8, 4) is 0 Å². The molecule has 0 aromatic carbocycles. The lowest BCUT2D eigenvalue weighted by Gasteiger charge is -2.26. The molecule has 0 spiro atoms. The standard InChI is InChI=1S/C13H18ClN3S/c14-9-13(3-1-2-4-13)10-15-7-11-8-17-5-6-18-12(17)16-11/h5-6,8,15H,1-4,7,9-10H2. The molecule has 98 valence electrons. The van der Waals surface area contributed by atoms with E-state index in [2.05, 4.69) is 26.3 Å². The minimum Gasteiger partial charge on any atom is -0.311 e. The summed E-state index contributed by atoms with van der Waals surface area (Å²) in [7, 11) is 0. The lowest BCUT2D eigenvalue weighted by Crippen LogP contribution is -2.33. The zero-order valence-electron chi connectivity index (χ0n) is 10.4. The van der Waals surface area contributed by atoms with Crippen LogP contribution < -0.4 is 5.32 Å². The molecular formula is C13H18ClN3S. The second kappa shape index (κ2) is 5.19. The second-order valence-corrected chi connectivity index (χ2v) is 6.41. The van der Waals surface area contributed by atoms with Gasteiger partial charge in [-0.25, -0.2) is 4.98 Å². The van der Waals surface area contributed by atoms with E-state index in [4.69, 9.17) is 11.6 Å².